The summed E-state index contributed by atoms with van der Waals surface area (Å²) in [6, 6.07) is 12.6. The van der Waals surface area contributed by atoms with Gasteiger partial charge in [0, 0.05) is 19.1 Å². The molecule has 216 valence electrons. The molecular weight excluding hydrogens is 575 g/mol. The van der Waals surface area contributed by atoms with Crippen LogP contribution in [0.1, 0.15) is 18.1 Å². The average Bonchev–Trinajstić information content (AvgIpc) is 2.93. The van der Waals surface area contributed by atoms with Crippen LogP contribution in [0.2, 0.25) is 0 Å². The van der Waals surface area contributed by atoms with Crippen LogP contribution in [0.4, 0.5) is 0 Å². The van der Waals surface area contributed by atoms with Crippen LogP contribution < -0.4 is 25.8 Å². The van der Waals surface area contributed by atoms with Crippen molar-refractivity contribution in [1.29, 1.82) is 0 Å². The monoisotopic (exact) mass is 607 g/mol. The smallest absolute Gasteiger partial charge is 0.350 e. The van der Waals surface area contributed by atoms with E-state index in [1.54, 1.807) is 24.3 Å². The minimum atomic E-state index is -1.08. The number of carbonyl (C=O) groups is 5. The van der Waals surface area contributed by atoms with Gasteiger partial charge in [-0.05, 0) is 29.7 Å². The van der Waals surface area contributed by atoms with Gasteiger partial charge in [-0.15, -0.1) is 0 Å². The van der Waals surface area contributed by atoms with Gasteiger partial charge in [-0.3, -0.25) is 14.4 Å². The Bertz CT molecular complexity index is 1200. The van der Waals surface area contributed by atoms with Crippen molar-refractivity contribution in [3.63, 3.8) is 0 Å². The quantitative estimate of drug-likeness (QED) is 0.0607. The summed E-state index contributed by atoms with van der Waals surface area (Å²) in [5.74, 6) is -2.47. The normalized spacial score (nSPS) is 14.7. The first kappa shape index (κ1) is 33.3. The van der Waals surface area contributed by atoms with Gasteiger partial charge in [0.1, 0.15) is 18.3 Å². The Morgan fingerprint density at radius 2 is 1.60 bits per heavy atom. The number of nitrogens with zero attached hydrogens (tertiary/aromatic N) is 1. The maximum Gasteiger partial charge on any atom is 0.350 e. The zero-order valence-corrected chi connectivity index (χ0v) is 24.6. The molecule has 4 atom stereocenters. The van der Waals surface area contributed by atoms with Crippen LogP contribution in [0.15, 0.2) is 54.6 Å². The van der Waals surface area contributed by atoms with Crippen molar-refractivity contribution < 1.29 is 37.3 Å². The van der Waals surface area contributed by atoms with Gasteiger partial charge in [0.25, 0.3) is 0 Å². The van der Waals surface area contributed by atoms with Crippen LogP contribution in [0, 0.1) is 0 Å². The van der Waals surface area contributed by atoms with E-state index in [9.17, 15) is 24.0 Å². The van der Waals surface area contributed by atoms with Crippen LogP contribution in [0.25, 0.3) is 0 Å². The average molecular weight is 608 g/mol. The topological polar surface area (TPSA) is 161 Å². The zero-order chi connectivity index (χ0) is 29.9. The van der Waals surface area contributed by atoms with Gasteiger partial charge in [-0.25, -0.2) is 9.59 Å². The molecule has 2 rings (SSSR count). The SMILES string of the molecule is CC(=O)Oc1ccc(C[C@H](N)C(=O)N[C@H](CS)C(=O)NCC(=O)[N+](C)([S-])[C@@H](Cc2ccccc2)C(=O)[NH2+][S-])cc1. The van der Waals surface area contributed by atoms with Crippen LogP contribution >= 0.6 is 12.6 Å². The third kappa shape index (κ3) is 9.94. The summed E-state index contributed by atoms with van der Waals surface area (Å²) in [6.45, 7) is 0.813. The largest absolute Gasteiger partial charge is 0.489 e. The van der Waals surface area contributed by atoms with Gasteiger partial charge < -0.3 is 55.3 Å². The molecule has 0 saturated heterocycles. The number of ether oxygens (including phenoxy) is 1. The highest BCUT2D eigenvalue weighted by atomic mass is 32.1. The third-order valence-electron chi connectivity index (χ3n) is 6.01. The number of hydrogen-bond acceptors (Lipinski definition) is 10. The molecule has 40 heavy (non-hydrogen) atoms. The summed E-state index contributed by atoms with van der Waals surface area (Å²) in [4.78, 5) is 62.1. The number of likely N-dealkylation sites (N-methyl/N-ethyl adjacent to an activating group) is 1. The summed E-state index contributed by atoms with van der Waals surface area (Å²) in [5, 5.41) is 5.00. The van der Waals surface area contributed by atoms with Gasteiger partial charge in [0.15, 0.2) is 6.04 Å². The lowest BCUT2D eigenvalue weighted by atomic mass is 10.0. The molecule has 0 saturated carbocycles. The minimum absolute atomic E-state index is 0.0599. The number of esters is 1. The molecule has 6 N–H and O–H groups in total. The van der Waals surface area contributed by atoms with Crippen LogP contribution in [-0.2, 0) is 62.4 Å². The van der Waals surface area contributed by atoms with E-state index in [4.69, 9.17) is 36.1 Å². The highest BCUT2D eigenvalue weighted by Crippen LogP contribution is 2.15. The number of quaternary nitrogens is 2. The summed E-state index contributed by atoms with van der Waals surface area (Å²) < 4.78 is 5.19. The number of primary amides is 1. The van der Waals surface area contributed by atoms with Crippen LogP contribution in [0.5, 0.6) is 5.75 Å². The van der Waals surface area contributed by atoms with E-state index < -0.39 is 58.2 Å². The second kappa shape index (κ2) is 15.8. The van der Waals surface area contributed by atoms with Crippen LogP contribution in [0.3, 0.4) is 0 Å². The van der Waals surface area contributed by atoms with E-state index >= 15 is 0 Å². The molecule has 2 aromatic carbocycles. The summed E-state index contributed by atoms with van der Waals surface area (Å²) >= 11 is 14.4. The number of rotatable bonds is 13. The van der Waals surface area contributed by atoms with Gasteiger partial charge in [-0.1, -0.05) is 42.5 Å². The number of carbonyl (C=O) groups excluding carboxylic acids is 5. The molecular formula is C26H33N5O6S3. The predicted octanol–water partition coefficient (Wildman–Crippen LogP) is -1.39. The highest BCUT2D eigenvalue weighted by molar-refractivity contribution is 7.80. The summed E-state index contributed by atoms with van der Waals surface area (Å²) in [5.41, 5.74) is 7.54. The minimum Gasteiger partial charge on any atom is -0.489 e. The number of thiol groups is 1. The molecule has 2 aromatic rings. The Morgan fingerprint density at radius 1 is 1.00 bits per heavy atom. The van der Waals surface area contributed by atoms with Gasteiger partial charge in [-0.2, -0.15) is 12.6 Å². The number of nitrogens with one attached hydrogen (secondary N) is 2. The Morgan fingerprint density at radius 3 is 2.15 bits per heavy atom. The number of nitrogens with two attached hydrogens (primary N) is 2. The first-order valence-electron chi connectivity index (χ1n) is 12.2. The predicted molar refractivity (Wildman–Crippen MR) is 155 cm³/mol. The lowest BCUT2D eigenvalue weighted by Crippen LogP contribution is -2.87. The summed E-state index contributed by atoms with van der Waals surface area (Å²) in [6.07, 6.45) is 0.347. The van der Waals surface area contributed by atoms with Gasteiger partial charge >= 0.3 is 17.8 Å². The van der Waals surface area contributed by atoms with E-state index in [-0.39, 0.29) is 18.6 Å². The Kier molecular flexibility index (Phi) is 13.2. The third-order valence-corrected chi connectivity index (χ3v) is 7.07. The van der Waals surface area contributed by atoms with E-state index in [0.717, 1.165) is 15.8 Å². The van der Waals surface area contributed by atoms with E-state index in [1.807, 2.05) is 30.3 Å². The number of benzene rings is 2. The van der Waals surface area contributed by atoms with Crippen molar-refractivity contribution in [2.75, 3.05) is 19.3 Å². The fraction of sp³-hybridized carbons (Fsp3) is 0.346. The van der Waals surface area contributed by atoms with Crippen molar-refractivity contribution in [1.82, 2.24) is 10.6 Å². The van der Waals surface area contributed by atoms with E-state index in [1.165, 1.54) is 14.0 Å². The molecule has 0 aromatic heterocycles. The first-order valence-corrected chi connectivity index (χ1v) is 13.7. The molecule has 0 aliphatic rings. The van der Waals surface area contributed by atoms with Crippen molar-refractivity contribution in [2.24, 2.45) is 5.73 Å². The summed E-state index contributed by atoms with van der Waals surface area (Å²) in [7, 11) is 1.41. The standard InChI is InChI=1S/C26H33N5O6S3/c1-16(32)37-19-10-8-18(9-11-19)12-20(27)24(34)29-21(15-38)25(35)28-14-23(33)31(2,40)22(26(36)30-39)13-17-6-4-3-5-7-17/h3-11,20-22,38H,12-15,27,30H2,1-2H3,(H,28,35)(H,29,34)/t20-,21+,22-,31?/m0/s1. The van der Waals surface area contributed by atoms with Crippen LogP contribution in [-0.4, -0.2) is 71.0 Å². The Balaban J connectivity index is 1.96. The molecule has 0 aliphatic heterocycles. The molecule has 0 heterocycles. The number of hydrogen-bond donors (Lipinski definition) is 5. The molecule has 1 unspecified atom stereocenters. The van der Waals surface area contributed by atoms with Crippen molar-refractivity contribution in [3.8, 4) is 5.75 Å². The van der Waals surface area contributed by atoms with Gasteiger partial charge in [0.2, 0.25) is 11.8 Å². The first-order chi connectivity index (χ1) is 18.9. The molecule has 0 fully saturated rings. The second-order valence-electron chi connectivity index (χ2n) is 9.12. The lowest BCUT2D eigenvalue weighted by molar-refractivity contribution is -0.719. The van der Waals surface area contributed by atoms with Crippen molar-refractivity contribution in [3.05, 3.63) is 65.7 Å². The zero-order valence-electron chi connectivity index (χ0n) is 22.1. The molecule has 0 spiro atoms. The number of amides is 4. The molecule has 4 amide bonds. The maximum atomic E-state index is 13.0. The lowest BCUT2D eigenvalue weighted by Gasteiger charge is -2.42. The maximum absolute atomic E-state index is 13.0. The Labute approximate surface area is 249 Å². The molecule has 0 bridgehead atoms. The highest BCUT2D eigenvalue weighted by Gasteiger charge is 2.37. The van der Waals surface area contributed by atoms with Gasteiger partial charge in [0.05, 0.1) is 13.1 Å². The van der Waals surface area contributed by atoms with E-state index in [0.29, 0.717) is 5.75 Å². The molecule has 0 radical (unpaired) electrons. The molecule has 14 heteroatoms. The van der Waals surface area contributed by atoms with Crippen molar-refractivity contribution in [2.45, 2.75) is 37.9 Å². The molecule has 11 nitrogen and oxygen atoms in total. The fourth-order valence-corrected chi connectivity index (χ4v) is 4.39. The second-order valence-corrected chi connectivity index (χ2v) is 10.5. The van der Waals surface area contributed by atoms with Crippen molar-refractivity contribution >= 4 is 67.9 Å². The fourth-order valence-electron chi connectivity index (χ4n) is 3.73. The van der Waals surface area contributed by atoms with E-state index in [2.05, 4.69) is 23.3 Å². The Hall–Kier alpha value is -2.88. The molecule has 0 aliphatic carbocycles.